The molecule has 1 atom stereocenters. The minimum absolute atomic E-state index is 0.384. The van der Waals surface area contributed by atoms with Gasteiger partial charge in [-0.3, -0.25) is 5.32 Å². The predicted octanol–water partition coefficient (Wildman–Crippen LogP) is 1.69. The molecule has 5 nitrogen and oxygen atoms in total. The molecule has 0 spiro atoms. The number of nitrogens with one attached hydrogen (secondary N) is 1. The molecule has 0 aromatic heterocycles. The monoisotopic (exact) mass is 265 g/mol. The van der Waals surface area contributed by atoms with E-state index in [0.717, 1.165) is 0 Å². The van der Waals surface area contributed by atoms with Crippen molar-refractivity contribution in [3.8, 4) is 11.5 Å². The lowest BCUT2D eigenvalue weighted by atomic mass is 10.1. The van der Waals surface area contributed by atoms with Crippen LogP contribution in [0, 0.1) is 0 Å². The van der Waals surface area contributed by atoms with Gasteiger partial charge in [0, 0.05) is 18.2 Å². The van der Waals surface area contributed by atoms with Crippen molar-refractivity contribution >= 4 is 5.97 Å². The van der Waals surface area contributed by atoms with Gasteiger partial charge in [0.1, 0.15) is 17.5 Å². The average molecular weight is 265 g/mol. The van der Waals surface area contributed by atoms with E-state index in [2.05, 4.69) is 11.9 Å². The Morgan fingerprint density at radius 1 is 1.37 bits per heavy atom. The Labute approximate surface area is 113 Å². The highest BCUT2D eigenvalue weighted by Crippen LogP contribution is 2.30. The van der Waals surface area contributed by atoms with Gasteiger partial charge in [0.05, 0.1) is 21.3 Å². The van der Waals surface area contributed by atoms with Gasteiger partial charge in [-0.05, 0) is 12.1 Å². The minimum Gasteiger partial charge on any atom is -0.497 e. The first-order chi connectivity index (χ1) is 9.17. The molecule has 1 aromatic carbocycles. The molecule has 0 saturated carbocycles. The van der Waals surface area contributed by atoms with Crippen molar-refractivity contribution in [2.24, 2.45) is 0 Å². The summed E-state index contributed by atoms with van der Waals surface area (Å²) in [5.74, 6) is 0.838. The maximum atomic E-state index is 11.8. The normalized spacial score (nSPS) is 11.5. The van der Waals surface area contributed by atoms with Crippen molar-refractivity contribution < 1.29 is 19.0 Å². The standard InChI is InChI=1S/C14H19NO4/c1-5-8-15-13(14(16)19-4)11-7-6-10(17-2)9-12(11)18-3/h5-7,9,13,15H,1,8H2,2-4H3. The molecule has 1 rings (SSSR count). The van der Waals surface area contributed by atoms with E-state index in [1.807, 2.05) is 0 Å². The molecule has 0 aliphatic rings. The zero-order chi connectivity index (χ0) is 14.3. The zero-order valence-electron chi connectivity index (χ0n) is 11.4. The summed E-state index contributed by atoms with van der Waals surface area (Å²) in [6.07, 6.45) is 1.67. The topological polar surface area (TPSA) is 56.8 Å². The molecule has 0 amide bonds. The maximum Gasteiger partial charge on any atom is 0.327 e. The van der Waals surface area contributed by atoms with Crippen LogP contribution in [0.3, 0.4) is 0 Å². The first-order valence-electron chi connectivity index (χ1n) is 5.82. The summed E-state index contributed by atoms with van der Waals surface area (Å²) < 4.78 is 15.2. The van der Waals surface area contributed by atoms with Crippen LogP contribution >= 0.6 is 0 Å². The number of hydrogen-bond donors (Lipinski definition) is 1. The molecule has 0 radical (unpaired) electrons. The summed E-state index contributed by atoms with van der Waals surface area (Å²) in [5, 5.41) is 3.04. The van der Waals surface area contributed by atoms with E-state index >= 15 is 0 Å². The molecule has 1 aromatic rings. The van der Waals surface area contributed by atoms with E-state index < -0.39 is 6.04 Å². The summed E-state index contributed by atoms with van der Waals surface area (Å²) in [6.45, 7) is 4.10. The minimum atomic E-state index is -0.608. The number of esters is 1. The second-order valence-corrected chi connectivity index (χ2v) is 3.76. The molecule has 0 saturated heterocycles. The van der Waals surface area contributed by atoms with Gasteiger partial charge in [-0.25, -0.2) is 4.79 Å². The SMILES string of the molecule is C=CCNC(C(=O)OC)c1ccc(OC)cc1OC. The quantitative estimate of drug-likeness (QED) is 0.600. The van der Waals surface area contributed by atoms with Crippen LogP contribution in [-0.4, -0.2) is 33.8 Å². The van der Waals surface area contributed by atoms with E-state index in [4.69, 9.17) is 14.2 Å². The summed E-state index contributed by atoms with van der Waals surface area (Å²) in [4.78, 5) is 11.8. The highest BCUT2D eigenvalue weighted by Gasteiger charge is 2.24. The van der Waals surface area contributed by atoms with Gasteiger partial charge < -0.3 is 14.2 Å². The fourth-order valence-electron chi connectivity index (χ4n) is 1.70. The van der Waals surface area contributed by atoms with Crippen LogP contribution in [0.15, 0.2) is 30.9 Å². The lowest BCUT2D eigenvalue weighted by molar-refractivity contribution is -0.143. The number of rotatable bonds is 7. The molecule has 104 valence electrons. The lowest BCUT2D eigenvalue weighted by Gasteiger charge is -2.19. The second-order valence-electron chi connectivity index (χ2n) is 3.76. The smallest absolute Gasteiger partial charge is 0.327 e. The number of carbonyl (C=O) groups is 1. The first kappa shape index (κ1) is 15.0. The average Bonchev–Trinajstić information content (AvgIpc) is 2.47. The number of hydrogen-bond acceptors (Lipinski definition) is 5. The van der Waals surface area contributed by atoms with Crippen molar-refractivity contribution in [2.75, 3.05) is 27.9 Å². The molecule has 0 bridgehead atoms. The zero-order valence-corrected chi connectivity index (χ0v) is 11.4. The number of carbonyl (C=O) groups excluding carboxylic acids is 1. The van der Waals surface area contributed by atoms with Crippen LogP contribution in [0.5, 0.6) is 11.5 Å². The summed E-state index contributed by atoms with van der Waals surface area (Å²) in [5.41, 5.74) is 0.692. The highest BCUT2D eigenvalue weighted by molar-refractivity contribution is 5.78. The Bertz CT molecular complexity index is 445. The van der Waals surface area contributed by atoms with Crippen molar-refractivity contribution in [1.82, 2.24) is 5.32 Å². The number of ether oxygens (including phenoxy) is 3. The van der Waals surface area contributed by atoms with Crippen molar-refractivity contribution in [3.05, 3.63) is 36.4 Å². The van der Waals surface area contributed by atoms with Gasteiger partial charge in [0.25, 0.3) is 0 Å². The predicted molar refractivity (Wildman–Crippen MR) is 72.5 cm³/mol. The molecular formula is C14H19NO4. The van der Waals surface area contributed by atoms with Crippen molar-refractivity contribution in [3.63, 3.8) is 0 Å². The van der Waals surface area contributed by atoms with Crippen LogP contribution in [0.25, 0.3) is 0 Å². The third-order valence-electron chi connectivity index (χ3n) is 2.65. The highest BCUT2D eigenvalue weighted by atomic mass is 16.5. The fraction of sp³-hybridized carbons (Fsp3) is 0.357. The van der Waals surface area contributed by atoms with Gasteiger partial charge in [-0.1, -0.05) is 6.08 Å². The Kier molecular flexibility index (Phi) is 5.89. The van der Waals surface area contributed by atoms with Gasteiger partial charge in [0.15, 0.2) is 0 Å². The van der Waals surface area contributed by atoms with Gasteiger partial charge >= 0.3 is 5.97 Å². The van der Waals surface area contributed by atoms with E-state index in [1.54, 1.807) is 38.5 Å². The van der Waals surface area contributed by atoms with Crippen LogP contribution in [-0.2, 0) is 9.53 Å². The number of methoxy groups -OCH3 is 3. The van der Waals surface area contributed by atoms with E-state index in [9.17, 15) is 4.79 Å². The third kappa shape index (κ3) is 3.72. The Morgan fingerprint density at radius 2 is 2.11 bits per heavy atom. The third-order valence-corrected chi connectivity index (χ3v) is 2.65. The van der Waals surface area contributed by atoms with E-state index in [0.29, 0.717) is 23.6 Å². The Morgan fingerprint density at radius 3 is 2.63 bits per heavy atom. The number of benzene rings is 1. The lowest BCUT2D eigenvalue weighted by Crippen LogP contribution is -2.30. The Hall–Kier alpha value is -2.01. The second kappa shape index (κ2) is 7.43. The van der Waals surface area contributed by atoms with Crippen molar-refractivity contribution in [1.29, 1.82) is 0 Å². The van der Waals surface area contributed by atoms with Gasteiger partial charge in [0.2, 0.25) is 0 Å². The molecule has 0 fully saturated rings. The molecule has 5 heteroatoms. The molecular weight excluding hydrogens is 246 g/mol. The molecule has 1 N–H and O–H groups in total. The van der Waals surface area contributed by atoms with E-state index in [-0.39, 0.29) is 5.97 Å². The fourth-order valence-corrected chi connectivity index (χ4v) is 1.70. The van der Waals surface area contributed by atoms with Crippen molar-refractivity contribution in [2.45, 2.75) is 6.04 Å². The largest absolute Gasteiger partial charge is 0.497 e. The van der Waals surface area contributed by atoms with Gasteiger partial charge in [-0.2, -0.15) is 0 Å². The van der Waals surface area contributed by atoms with Crippen LogP contribution < -0.4 is 14.8 Å². The van der Waals surface area contributed by atoms with Crippen LogP contribution in [0.1, 0.15) is 11.6 Å². The molecule has 1 unspecified atom stereocenters. The van der Waals surface area contributed by atoms with Gasteiger partial charge in [-0.15, -0.1) is 6.58 Å². The summed E-state index contributed by atoms with van der Waals surface area (Å²) >= 11 is 0. The van der Waals surface area contributed by atoms with Crippen LogP contribution in [0.4, 0.5) is 0 Å². The van der Waals surface area contributed by atoms with E-state index in [1.165, 1.54) is 7.11 Å². The summed E-state index contributed by atoms with van der Waals surface area (Å²) in [6, 6.07) is 4.66. The molecule has 0 aliphatic heterocycles. The molecule has 0 aliphatic carbocycles. The molecule has 19 heavy (non-hydrogen) atoms. The van der Waals surface area contributed by atoms with Crippen LogP contribution in [0.2, 0.25) is 0 Å². The maximum absolute atomic E-state index is 11.8. The summed E-state index contributed by atoms with van der Waals surface area (Å²) in [7, 11) is 4.46. The first-order valence-corrected chi connectivity index (χ1v) is 5.82. The Balaban J connectivity index is 3.12. The molecule has 0 heterocycles.